The molecule has 0 radical (unpaired) electrons. The summed E-state index contributed by atoms with van der Waals surface area (Å²) in [5.41, 5.74) is 4.30. The van der Waals surface area contributed by atoms with Crippen LogP contribution in [0.5, 0.6) is 0 Å². The summed E-state index contributed by atoms with van der Waals surface area (Å²) in [4.78, 5) is 22.2. The molecule has 0 aliphatic rings. The zero-order valence-corrected chi connectivity index (χ0v) is 25.7. The van der Waals surface area contributed by atoms with Gasteiger partial charge in [-0.05, 0) is 55.8 Å². The Morgan fingerprint density at radius 3 is 2.40 bits per heavy atom. The number of nitrogens with one attached hydrogen (secondary N) is 1. The molecular weight excluding hydrogens is 591 g/mol. The number of nitrogens with zero attached hydrogens (tertiary/aromatic N) is 3. The highest BCUT2D eigenvalue weighted by molar-refractivity contribution is 7.54. The van der Waals surface area contributed by atoms with Gasteiger partial charge in [0.1, 0.15) is 17.8 Å². The van der Waals surface area contributed by atoms with E-state index in [-0.39, 0.29) is 25.5 Å². The Morgan fingerprint density at radius 1 is 1.02 bits per heavy atom. The number of methoxy groups -OCH3 is 1. The average molecular weight is 623 g/mol. The second-order valence-corrected chi connectivity index (χ2v) is 12.0. The topological polar surface area (TPSA) is 118 Å². The number of halogens is 1. The van der Waals surface area contributed by atoms with Crippen LogP contribution in [0.4, 0.5) is 5.69 Å². The Bertz CT molecular complexity index is 1730. The molecule has 0 bridgehead atoms. The summed E-state index contributed by atoms with van der Waals surface area (Å²) in [5.74, 6) is -0.540. The minimum Gasteiger partial charge on any atom is -0.427 e. The SMILES string of the molecule is CCOP(=O)(OCC)C(OC)c1ccc(NC(=O)CCc2oc(-n3cnc4ccccc43)nc2-c2ccc(Cl)cc2)cc1. The van der Waals surface area contributed by atoms with E-state index in [0.29, 0.717) is 40.2 Å². The highest BCUT2D eigenvalue weighted by Gasteiger charge is 2.37. The second-order valence-electron chi connectivity index (χ2n) is 9.51. The Morgan fingerprint density at radius 2 is 1.72 bits per heavy atom. The van der Waals surface area contributed by atoms with Crippen LogP contribution in [0.1, 0.15) is 37.4 Å². The molecule has 2 heterocycles. The molecule has 0 aliphatic heterocycles. The number of hydrogen-bond donors (Lipinski definition) is 1. The summed E-state index contributed by atoms with van der Waals surface area (Å²) in [5, 5.41) is 3.51. The minimum absolute atomic E-state index is 0.145. The summed E-state index contributed by atoms with van der Waals surface area (Å²) in [6.07, 6.45) is 2.11. The minimum atomic E-state index is -3.54. The van der Waals surface area contributed by atoms with Gasteiger partial charge in [-0.1, -0.05) is 48.0 Å². The molecule has 1 atom stereocenters. The lowest BCUT2D eigenvalue weighted by Crippen LogP contribution is -2.13. The maximum atomic E-state index is 13.3. The first kappa shape index (κ1) is 30.7. The fraction of sp³-hybridized carbons (Fsp3) is 0.258. The predicted molar refractivity (Wildman–Crippen MR) is 166 cm³/mol. The van der Waals surface area contributed by atoms with E-state index in [1.807, 2.05) is 36.4 Å². The molecule has 0 saturated carbocycles. The van der Waals surface area contributed by atoms with E-state index in [1.165, 1.54) is 7.11 Å². The first-order valence-electron chi connectivity index (χ1n) is 13.8. The lowest BCUT2D eigenvalue weighted by Gasteiger charge is -2.25. The van der Waals surface area contributed by atoms with Crippen molar-refractivity contribution in [2.24, 2.45) is 0 Å². The summed E-state index contributed by atoms with van der Waals surface area (Å²) >= 11 is 6.11. The van der Waals surface area contributed by atoms with E-state index in [9.17, 15) is 9.36 Å². The largest absolute Gasteiger partial charge is 0.427 e. The quantitative estimate of drug-likeness (QED) is 0.132. The number of oxazole rings is 1. The maximum Gasteiger partial charge on any atom is 0.363 e. The average Bonchev–Trinajstić information content (AvgIpc) is 3.62. The fourth-order valence-corrected chi connectivity index (χ4v) is 6.71. The van der Waals surface area contributed by atoms with E-state index in [2.05, 4.69) is 10.3 Å². The van der Waals surface area contributed by atoms with Crippen molar-refractivity contribution in [3.8, 4) is 17.3 Å². The third-order valence-electron chi connectivity index (χ3n) is 6.65. The van der Waals surface area contributed by atoms with E-state index in [1.54, 1.807) is 61.1 Å². The van der Waals surface area contributed by atoms with Crippen LogP contribution < -0.4 is 5.32 Å². The molecule has 10 nitrogen and oxygen atoms in total. The number of benzene rings is 3. The molecule has 43 heavy (non-hydrogen) atoms. The Hall–Kier alpha value is -3.79. The molecule has 1 unspecified atom stereocenters. The Labute approximate surface area is 254 Å². The number of amides is 1. The second kappa shape index (κ2) is 13.7. The first-order chi connectivity index (χ1) is 20.8. The normalized spacial score (nSPS) is 12.5. The van der Waals surface area contributed by atoms with Crippen LogP contribution in [-0.4, -0.2) is 40.8 Å². The number of anilines is 1. The number of aromatic nitrogens is 3. The summed E-state index contributed by atoms with van der Waals surface area (Å²) < 4.78 is 37.6. The van der Waals surface area contributed by atoms with Crippen molar-refractivity contribution < 1.29 is 27.6 Å². The van der Waals surface area contributed by atoms with Gasteiger partial charge in [0.25, 0.3) is 0 Å². The Kier molecular flexibility index (Phi) is 9.75. The van der Waals surface area contributed by atoms with Gasteiger partial charge in [0.15, 0.2) is 5.85 Å². The number of fused-ring (bicyclic) bond motifs is 1. The van der Waals surface area contributed by atoms with Crippen molar-refractivity contribution in [1.29, 1.82) is 0 Å². The smallest absolute Gasteiger partial charge is 0.363 e. The number of para-hydroxylation sites is 2. The van der Waals surface area contributed by atoms with Crippen LogP contribution in [0, 0.1) is 0 Å². The predicted octanol–water partition coefficient (Wildman–Crippen LogP) is 7.82. The van der Waals surface area contributed by atoms with Crippen molar-refractivity contribution >= 4 is 41.8 Å². The highest BCUT2D eigenvalue weighted by atomic mass is 35.5. The van der Waals surface area contributed by atoms with Crippen LogP contribution in [0.15, 0.2) is 83.5 Å². The molecule has 0 aliphatic carbocycles. The summed E-state index contributed by atoms with van der Waals surface area (Å²) in [7, 11) is -2.09. The standard InChI is InChI=1S/C31H32ClN4O6P/c1-4-40-43(38,41-5-2)30(39-3)22-12-16-24(17-13-22)34-28(37)19-18-27-29(21-10-14-23(32)15-11-21)35-31(42-27)36-20-33-25-8-6-7-9-26(25)36/h6-17,20,30H,4-5,18-19H2,1-3H3,(H,34,37). The molecule has 1 N–H and O–H groups in total. The first-order valence-corrected chi connectivity index (χ1v) is 15.8. The third kappa shape index (κ3) is 6.90. The molecule has 224 valence electrons. The van der Waals surface area contributed by atoms with Crippen molar-refractivity contribution in [3.05, 3.63) is 95.5 Å². The van der Waals surface area contributed by atoms with Crippen LogP contribution in [-0.2, 0) is 29.6 Å². The monoisotopic (exact) mass is 622 g/mol. The number of aryl methyl sites for hydroxylation is 1. The zero-order valence-electron chi connectivity index (χ0n) is 24.0. The highest BCUT2D eigenvalue weighted by Crippen LogP contribution is 2.61. The van der Waals surface area contributed by atoms with E-state index < -0.39 is 13.4 Å². The summed E-state index contributed by atoms with van der Waals surface area (Å²) in [6.45, 7) is 3.93. The number of carbonyl (C=O) groups is 1. The van der Waals surface area contributed by atoms with E-state index in [0.717, 1.165) is 16.6 Å². The van der Waals surface area contributed by atoms with Gasteiger partial charge in [0.05, 0.1) is 24.2 Å². The van der Waals surface area contributed by atoms with Gasteiger partial charge in [-0.3, -0.25) is 13.9 Å². The molecule has 2 aromatic heterocycles. The van der Waals surface area contributed by atoms with Gasteiger partial charge in [0.2, 0.25) is 5.91 Å². The number of hydrogen-bond acceptors (Lipinski definition) is 8. The molecule has 12 heteroatoms. The van der Waals surface area contributed by atoms with Crippen LogP contribution in [0.3, 0.4) is 0 Å². The van der Waals surface area contributed by atoms with Gasteiger partial charge in [0, 0.05) is 36.2 Å². The molecule has 3 aromatic carbocycles. The van der Waals surface area contributed by atoms with Crippen molar-refractivity contribution in [2.75, 3.05) is 25.6 Å². The maximum absolute atomic E-state index is 13.3. The number of rotatable bonds is 13. The zero-order chi connectivity index (χ0) is 30.4. The molecular formula is C31H32ClN4O6P. The van der Waals surface area contributed by atoms with Gasteiger partial charge < -0.3 is 23.5 Å². The van der Waals surface area contributed by atoms with Crippen LogP contribution in [0.2, 0.25) is 5.02 Å². The molecule has 5 rings (SSSR count). The molecule has 0 fully saturated rings. The molecule has 5 aromatic rings. The number of carbonyl (C=O) groups excluding carboxylic acids is 1. The van der Waals surface area contributed by atoms with Gasteiger partial charge in [-0.25, -0.2) is 4.98 Å². The molecule has 1 amide bonds. The van der Waals surface area contributed by atoms with Crippen LogP contribution >= 0.6 is 19.2 Å². The van der Waals surface area contributed by atoms with E-state index >= 15 is 0 Å². The lowest BCUT2D eigenvalue weighted by molar-refractivity contribution is -0.116. The third-order valence-corrected chi connectivity index (χ3v) is 9.22. The lowest BCUT2D eigenvalue weighted by atomic mass is 10.1. The number of imidazole rings is 1. The van der Waals surface area contributed by atoms with E-state index in [4.69, 9.17) is 34.8 Å². The number of ether oxygens (including phenoxy) is 1. The van der Waals surface area contributed by atoms with Crippen LogP contribution in [0.25, 0.3) is 28.3 Å². The fourth-order valence-electron chi connectivity index (χ4n) is 4.72. The van der Waals surface area contributed by atoms with Crippen molar-refractivity contribution in [2.45, 2.75) is 32.5 Å². The van der Waals surface area contributed by atoms with Crippen molar-refractivity contribution in [1.82, 2.24) is 14.5 Å². The van der Waals surface area contributed by atoms with Crippen molar-refractivity contribution in [3.63, 3.8) is 0 Å². The molecule has 0 saturated heterocycles. The van der Waals surface area contributed by atoms with Gasteiger partial charge >= 0.3 is 13.6 Å². The molecule has 0 spiro atoms. The van der Waals surface area contributed by atoms with Gasteiger partial charge in [-0.15, -0.1) is 0 Å². The van der Waals surface area contributed by atoms with Gasteiger partial charge in [-0.2, -0.15) is 4.98 Å². The Balaban J connectivity index is 1.32. The summed E-state index contributed by atoms with van der Waals surface area (Å²) in [6, 6.07) is 22.2.